The lowest BCUT2D eigenvalue weighted by Crippen LogP contribution is -2.27. The van der Waals surface area contributed by atoms with E-state index in [1.54, 1.807) is 0 Å². The van der Waals surface area contributed by atoms with Gasteiger partial charge in [0.1, 0.15) is 11.5 Å². The summed E-state index contributed by atoms with van der Waals surface area (Å²) in [6, 6.07) is 17.1. The maximum absolute atomic E-state index is 5.99. The van der Waals surface area contributed by atoms with Crippen LogP contribution < -0.4 is 20.4 Å². The van der Waals surface area contributed by atoms with Crippen LogP contribution in [0.15, 0.2) is 48.5 Å². The molecule has 0 saturated carbocycles. The van der Waals surface area contributed by atoms with Crippen molar-refractivity contribution in [2.24, 2.45) is 0 Å². The largest absolute Gasteiger partial charge is 0.494 e. The van der Waals surface area contributed by atoms with E-state index in [1.807, 2.05) is 0 Å². The molecular formula is C28H43BO2. The molecule has 2 aromatic rings. The summed E-state index contributed by atoms with van der Waals surface area (Å²) in [4.78, 5) is 0. The fraction of sp³-hybridized carbons (Fsp3) is 0.571. The summed E-state index contributed by atoms with van der Waals surface area (Å²) < 4.78 is 12.0. The molecule has 2 nitrogen and oxygen atoms in total. The summed E-state index contributed by atoms with van der Waals surface area (Å²) in [5.74, 6) is 1.98. The number of unbranched alkanes of at least 4 members (excludes halogenated alkanes) is 10. The van der Waals surface area contributed by atoms with Crippen molar-refractivity contribution in [1.82, 2.24) is 0 Å². The second-order valence-corrected chi connectivity index (χ2v) is 8.70. The van der Waals surface area contributed by atoms with Gasteiger partial charge in [-0.2, -0.15) is 0 Å². The average Bonchev–Trinajstić information content (AvgIpc) is 2.78. The molecule has 0 heterocycles. The van der Waals surface area contributed by atoms with Crippen LogP contribution in [0.1, 0.15) is 90.9 Å². The predicted octanol–water partition coefficient (Wildman–Crippen LogP) is 6.55. The Morgan fingerprint density at radius 2 is 0.968 bits per heavy atom. The van der Waals surface area contributed by atoms with Gasteiger partial charge in [0.15, 0.2) is 7.28 Å². The molecule has 0 amide bonds. The minimum absolute atomic E-state index is 0.817. The van der Waals surface area contributed by atoms with Crippen LogP contribution in [0.3, 0.4) is 0 Å². The average molecular weight is 422 g/mol. The van der Waals surface area contributed by atoms with Crippen molar-refractivity contribution in [3.05, 3.63) is 48.5 Å². The van der Waals surface area contributed by atoms with Gasteiger partial charge < -0.3 is 9.47 Å². The first kappa shape index (κ1) is 25.4. The summed E-state index contributed by atoms with van der Waals surface area (Å²) in [6.07, 6.45) is 15.5. The summed E-state index contributed by atoms with van der Waals surface area (Å²) >= 11 is 0. The van der Waals surface area contributed by atoms with E-state index >= 15 is 0 Å². The van der Waals surface area contributed by atoms with Gasteiger partial charge in [-0.15, -0.1) is 0 Å². The van der Waals surface area contributed by atoms with E-state index in [0.29, 0.717) is 0 Å². The van der Waals surface area contributed by atoms with Crippen LogP contribution in [0.4, 0.5) is 0 Å². The number of benzene rings is 2. The van der Waals surface area contributed by atoms with Crippen LogP contribution in [0.5, 0.6) is 11.5 Å². The Morgan fingerprint density at radius 3 is 1.42 bits per heavy atom. The van der Waals surface area contributed by atoms with Gasteiger partial charge in [-0.3, -0.25) is 0 Å². The molecule has 0 unspecified atom stereocenters. The van der Waals surface area contributed by atoms with E-state index in [-0.39, 0.29) is 0 Å². The summed E-state index contributed by atoms with van der Waals surface area (Å²) in [7, 11) is 0.905. The highest BCUT2D eigenvalue weighted by Crippen LogP contribution is 2.12. The molecule has 0 spiro atoms. The maximum Gasteiger partial charge on any atom is 0.192 e. The van der Waals surface area contributed by atoms with E-state index in [1.165, 1.54) is 75.1 Å². The molecule has 0 aliphatic heterocycles. The molecule has 0 radical (unpaired) electrons. The molecule has 2 aromatic carbocycles. The molecule has 0 N–H and O–H groups in total. The van der Waals surface area contributed by atoms with Crippen LogP contribution in [0, 0.1) is 0 Å². The third kappa shape index (κ3) is 11.9. The fourth-order valence-corrected chi connectivity index (χ4v) is 3.87. The van der Waals surface area contributed by atoms with Gasteiger partial charge in [-0.25, -0.2) is 0 Å². The number of ether oxygens (including phenoxy) is 2. The molecule has 0 fully saturated rings. The van der Waals surface area contributed by atoms with Gasteiger partial charge in [0.05, 0.1) is 13.2 Å². The van der Waals surface area contributed by atoms with Crippen LogP contribution in [0.2, 0.25) is 0 Å². The van der Waals surface area contributed by atoms with Crippen molar-refractivity contribution in [1.29, 1.82) is 0 Å². The van der Waals surface area contributed by atoms with Crippen molar-refractivity contribution in [3.8, 4) is 11.5 Å². The molecule has 0 bridgehead atoms. The molecule has 3 heteroatoms. The Balaban J connectivity index is 1.71. The molecular weight excluding hydrogens is 379 g/mol. The highest BCUT2D eigenvalue weighted by atomic mass is 16.5. The Labute approximate surface area is 192 Å². The summed E-state index contributed by atoms with van der Waals surface area (Å²) in [6.45, 7) is 6.15. The molecule has 170 valence electrons. The molecule has 0 saturated heterocycles. The van der Waals surface area contributed by atoms with Gasteiger partial charge in [0, 0.05) is 0 Å². The molecule has 31 heavy (non-hydrogen) atoms. The molecule has 0 aromatic heterocycles. The molecule has 0 atom stereocenters. The lowest BCUT2D eigenvalue weighted by molar-refractivity contribution is 0.304. The second kappa shape index (κ2) is 16.8. The summed E-state index contributed by atoms with van der Waals surface area (Å²) in [5.41, 5.74) is 2.57. The zero-order valence-corrected chi connectivity index (χ0v) is 20.0. The molecule has 2 rings (SSSR count). The van der Waals surface area contributed by atoms with E-state index in [4.69, 9.17) is 9.47 Å². The lowest BCUT2D eigenvalue weighted by Gasteiger charge is -2.10. The Hall–Kier alpha value is -1.90. The zero-order chi connectivity index (χ0) is 22.0. The van der Waals surface area contributed by atoms with Gasteiger partial charge in [0.2, 0.25) is 0 Å². The van der Waals surface area contributed by atoms with Crippen molar-refractivity contribution in [3.63, 3.8) is 0 Å². The standard InChI is InChI=1S/C28H43BO2/c1-3-5-7-9-11-13-21-30-27-19-15-17-25(23-27)29-26-18-16-20-28(24-26)31-22-14-12-10-8-6-4-2/h15-20,23-24,29H,3-14,21-22H2,1-2H3. The zero-order valence-electron chi connectivity index (χ0n) is 20.0. The minimum atomic E-state index is 0.817. The topological polar surface area (TPSA) is 18.5 Å². The van der Waals surface area contributed by atoms with Crippen molar-refractivity contribution in [2.75, 3.05) is 13.2 Å². The van der Waals surface area contributed by atoms with E-state index < -0.39 is 0 Å². The quantitative estimate of drug-likeness (QED) is 0.200. The van der Waals surface area contributed by atoms with Gasteiger partial charge in [0.25, 0.3) is 0 Å². The Bertz CT molecular complexity index is 641. The normalized spacial score (nSPS) is 10.8. The smallest absolute Gasteiger partial charge is 0.192 e. The van der Waals surface area contributed by atoms with E-state index in [9.17, 15) is 0 Å². The van der Waals surface area contributed by atoms with Crippen molar-refractivity contribution in [2.45, 2.75) is 90.9 Å². The van der Waals surface area contributed by atoms with E-state index in [0.717, 1.165) is 44.8 Å². The third-order valence-corrected chi connectivity index (χ3v) is 5.74. The van der Waals surface area contributed by atoms with Crippen molar-refractivity contribution >= 4 is 18.2 Å². The van der Waals surface area contributed by atoms with Gasteiger partial charge >= 0.3 is 0 Å². The van der Waals surface area contributed by atoms with E-state index in [2.05, 4.69) is 62.4 Å². The fourth-order valence-electron chi connectivity index (χ4n) is 3.87. The van der Waals surface area contributed by atoms with Gasteiger partial charge in [-0.05, 0) is 37.1 Å². The lowest BCUT2D eigenvalue weighted by atomic mass is 9.64. The second-order valence-electron chi connectivity index (χ2n) is 8.70. The first-order chi connectivity index (χ1) is 15.3. The number of hydrogen-bond acceptors (Lipinski definition) is 2. The van der Waals surface area contributed by atoms with Gasteiger partial charge in [-0.1, -0.05) is 113 Å². The minimum Gasteiger partial charge on any atom is -0.494 e. The van der Waals surface area contributed by atoms with Crippen LogP contribution in [-0.2, 0) is 0 Å². The summed E-state index contributed by atoms with van der Waals surface area (Å²) in [5, 5.41) is 0. The van der Waals surface area contributed by atoms with Crippen LogP contribution in [-0.4, -0.2) is 20.5 Å². The maximum atomic E-state index is 5.99. The Morgan fingerprint density at radius 1 is 0.548 bits per heavy atom. The Kier molecular flexibility index (Phi) is 13.7. The molecule has 0 aliphatic carbocycles. The van der Waals surface area contributed by atoms with Crippen LogP contribution in [0.25, 0.3) is 0 Å². The third-order valence-electron chi connectivity index (χ3n) is 5.74. The molecule has 0 aliphatic rings. The SMILES string of the molecule is CCCCCCCCOc1cccc(Bc2cccc(OCCCCCCCC)c2)c1. The predicted molar refractivity (Wildman–Crippen MR) is 137 cm³/mol. The number of rotatable bonds is 18. The highest BCUT2D eigenvalue weighted by Gasteiger charge is 2.04. The number of hydrogen-bond donors (Lipinski definition) is 0. The monoisotopic (exact) mass is 422 g/mol. The first-order valence-corrected chi connectivity index (χ1v) is 12.7. The van der Waals surface area contributed by atoms with Crippen LogP contribution >= 0.6 is 0 Å². The van der Waals surface area contributed by atoms with Crippen molar-refractivity contribution < 1.29 is 9.47 Å². The highest BCUT2D eigenvalue weighted by molar-refractivity contribution is 6.67. The first-order valence-electron chi connectivity index (χ1n) is 12.7.